The molecule has 3 nitrogen and oxygen atoms in total. The van der Waals surface area contributed by atoms with Crippen LogP contribution in [-0.4, -0.2) is 11.7 Å². The molecule has 0 aliphatic rings. The number of ether oxygens (including phenoxy) is 1. The summed E-state index contributed by atoms with van der Waals surface area (Å²) >= 11 is 3.40. The molecule has 106 valence electrons. The molecule has 2 rings (SSSR count). The van der Waals surface area contributed by atoms with Crippen molar-refractivity contribution in [3.05, 3.63) is 58.1 Å². The number of phenolic OH excluding ortho intramolecular Hbond substituents is 1. The number of aromatic hydroxyl groups is 1. The molecule has 0 heterocycles. The zero-order chi connectivity index (χ0) is 14.4. The van der Waals surface area contributed by atoms with Crippen molar-refractivity contribution < 1.29 is 9.84 Å². The number of nitrogens with one attached hydrogen (secondary N) is 1. The molecular weight excluding hydrogens is 318 g/mol. The van der Waals surface area contributed by atoms with Gasteiger partial charge in [-0.3, -0.25) is 0 Å². The molecule has 20 heavy (non-hydrogen) atoms. The van der Waals surface area contributed by atoms with Crippen LogP contribution in [0.25, 0.3) is 0 Å². The summed E-state index contributed by atoms with van der Waals surface area (Å²) in [4.78, 5) is 0. The second-order valence-electron chi connectivity index (χ2n) is 4.45. The summed E-state index contributed by atoms with van der Waals surface area (Å²) < 4.78 is 6.37. The maximum atomic E-state index is 9.75. The second kappa shape index (κ2) is 7.31. The Balaban J connectivity index is 1.87. The lowest BCUT2D eigenvalue weighted by molar-refractivity contribution is 0.340. The Morgan fingerprint density at radius 1 is 1.10 bits per heavy atom. The number of phenols is 1. The lowest BCUT2D eigenvalue weighted by atomic mass is 10.2. The maximum Gasteiger partial charge on any atom is 0.120 e. The van der Waals surface area contributed by atoms with Crippen LogP contribution >= 0.6 is 15.9 Å². The molecule has 0 unspecified atom stereocenters. The molecule has 0 aliphatic heterocycles. The van der Waals surface area contributed by atoms with E-state index >= 15 is 0 Å². The lowest BCUT2D eigenvalue weighted by Crippen LogP contribution is -2.12. The Labute approximate surface area is 127 Å². The van der Waals surface area contributed by atoms with Crippen molar-refractivity contribution in [2.45, 2.75) is 20.0 Å². The minimum Gasteiger partial charge on any atom is -0.508 e. The SMILES string of the molecule is CCOc1ccc(CNCc2cc(Br)ccc2O)cc1. The predicted octanol–water partition coefficient (Wildman–Crippen LogP) is 3.84. The fraction of sp³-hybridized carbons (Fsp3) is 0.250. The fourth-order valence-electron chi connectivity index (χ4n) is 1.91. The van der Waals surface area contributed by atoms with E-state index in [1.807, 2.05) is 43.3 Å². The van der Waals surface area contributed by atoms with Gasteiger partial charge in [-0.2, -0.15) is 0 Å². The standard InChI is InChI=1S/C16H18BrNO2/c1-2-20-15-6-3-12(4-7-15)10-18-11-13-9-14(17)5-8-16(13)19/h3-9,18-19H,2,10-11H2,1H3. The molecule has 2 aromatic rings. The molecule has 0 spiro atoms. The van der Waals surface area contributed by atoms with Gasteiger partial charge in [0, 0.05) is 23.1 Å². The van der Waals surface area contributed by atoms with E-state index in [2.05, 4.69) is 21.2 Å². The monoisotopic (exact) mass is 335 g/mol. The van der Waals surface area contributed by atoms with Crippen LogP contribution in [0.2, 0.25) is 0 Å². The third-order valence-electron chi connectivity index (χ3n) is 2.92. The predicted molar refractivity (Wildman–Crippen MR) is 84.0 cm³/mol. The third-order valence-corrected chi connectivity index (χ3v) is 3.41. The van der Waals surface area contributed by atoms with Gasteiger partial charge in [-0.05, 0) is 42.8 Å². The van der Waals surface area contributed by atoms with Crippen LogP contribution in [0.4, 0.5) is 0 Å². The van der Waals surface area contributed by atoms with E-state index in [0.29, 0.717) is 18.9 Å². The van der Waals surface area contributed by atoms with E-state index in [-0.39, 0.29) is 0 Å². The van der Waals surface area contributed by atoms with Gasteiger partial charge in [0.2, 0.25) is 0 Å². The van der Waals surface area contributed by atoms with Crippen molar-refractivity contribution in [1.29, 1.82) is 0 Å². The summed E-state index contributed by atoms with van der Waals surface area (Å²) in [5.74, 6) is 1.20. The van der Waals surface area contributed by atoms with Crippen molar-refractivity contribution in [1.82, 2.24) is 5.32 Å². The van der Waals surface area contributed by atoms with Crippen LogP contribution in [0.5, 0.6) is 11.5 Å². The highest BCUT2D eigenvalue weighted by atomic mass is 79.9. The molecule has 0 aromatic heterocycles. The summed E-state index contributed by atoms with van der Waals surface area (Å²) in [6, 6.07) is 13.5. The first-order valence-corrected chi connectivity index (χ1v) is 7.38. The van der Waals surface area contributed by atoms with Crippen LogP contribution in [-0.2, 0) is 13.1 Å². The van der Waals surface area contributed by atoms with E-state index in [1.54, 1.807) is 6.07 Å². The minimum absolute atomic E-state index is 0.312. The molecule has 0 saturated heterocycles. The van der Waals surface area contributed by atoms with Gasteiger partial charge in [0.25, 0.3) is 0 Å². The van der Waals surface area contributed by atoms with E-state index in [4.69, 9.17) is 4.74 Å². The van der Waals surface area contributed by atoms with Crippen LogP contribution in [0.1, 0.15) is 18.1 Å². The molecule has 0 aliphatic carbocycles. The molecule has 0 bridgehead atoms. The number of rotatable bonds is 6. The van der Waals surface area contributed by atoms with Gasteiger partial charge in [0.1, 0.15) is 11.5 Å². The Morgan fingerprint density at radius 3 is 2.55 bits per heavy atom. The average Bonchev–Trinajstić information content (AvgIpc) is 2.45. The Bertz CT molecular complexity index is 555. The van der Waals surface area contributed by atoms with E-state index in [9.17, 15) is 5.11 Å². The fourth-order valence-corrected chi connectivity index (χ4v) is 2.32. The zero-order valence-electron chi connectivity index (χ0n) is 11.4. The van der Waals surface area contributed by atoms with Gasteiger partial charge in [-0.15, -0.1) is 0 Å². The molecule has 0 amide bonds. The summed E-state index contributed by atoms with van der Waals surface area (Å²) in [5, 5.41) is 13.1. The first-order valence-electron chi connectivity index (χ1n) is 6.59. The molecule has 4 heteroatoms. The van der Waals surface area contributed by atoms with Crippen molar-refractivity contribution >= 4 is 15.9 Å². The highest BCUT2D eigenvalue weighted by molar-refractivity contribution is 9.10. The molecule has 0 saturated carbocycles. The van der Waals surface area contributed by atoms with Crippen molar-refractivity contribution in [3.63, 3.8) is 0 Å². The molecule has 2 N–H and O–H groups in total. The van der Waals surface area contributed by atoms with Crippen molar-refractivity contribution in [2.24, 2.45) is 0 Å². The van der Waals surface area contributed by atoms with Crippen LogP contribution in [0.3, 0.4) is 0 Å². The zero-order valence-corrected chi connectivity index (χ0v) is 13.0. The maximum absolute atomic E-state index is 9.75. The van der Waals surface area contributed by atoms with Crippen LogP contribution in [0.15, 0.2) is 46.9 Å². The first kappa shape index (κ1) is 14.9. The largest absolute Gasteiger partial charge is 0.508 e. The average molecular weight is 336 g/mol. The van der Waals surface area contributed by atoms with E-state index in [0.717, 1.165) is 22.3 Å². The minimum atomic E-state index is 0.312. The van der Waals surface area contributed by atoms with Gasteiger partial charge in [0.05, 0.1) is 6.61 Å². The van der Waals surface area contributed by atoms with Crippen molar-refractivity contribution in [2.75, 3.05) is 6.61 Å². The number of hydrogen-bond acceptors (Lipinski definition) is 3. The molecule has 2 aromatic carbocycles. The molecule has 0 radical (unpaired) electrons. The normalized spacial score (nSPS) is 10.5. The summed E-state index contributed by atoms with van der Waals surface area (Å²) in [6.45, 7) is 4.02. The summed E-state index contributed by atoms with van der Waals surface area (Å²) in [7, 11) is 0. The second-order valence-corrected chi connectivity index (χ2v) is 5.37. The van der Waals surface area contributed by atoms with E-state index in [1.165, 1.54) is 5.56 Å². The van der Waals surface area contributed by atoms with Crippen LogP contribution in [0, 0.1) is 0 Å². The number of benzene rings is 2. The van der Waals surface area contributed by atoms with Gasteiger partial charge in [-0.1, -0.05) is 28.1 Å². The molecule has 0 fully saturated rings. The quantitative estimate of drug-likeness (QED) is 0.842. The molecule has 0 atom stereocenters. The number of halogens is 1. The third kappa shape index (κ3) is 4.25. The van der Waals surface area contributed by atoms with Crippen molar-refractivity contribution in [3.8, 4) is 11.5 Å². The summed E-state index contributed by atoms with van der Waals surface area (Å²) in [6.07, 6.45) is 0. The lowest BCUT2D eigenvalue weighted by Gasteiger charge is -2.08. The van der Waals surface area contributed by atoms with Crippen LogP contribution < -0.4 is 10.1 Å². The van der Waals surface area contributed by atoms with Gasteiger partial charge in [-0.25, -0.2) is 0 Å². The van der Waals surface area contributed by atoms with E-state index < -0.39 is 0 Å². The molecular formula is C16H18BrNO2. The first-order chi connectivity index (χ1) is 9.69. The number of hydrogen-bond donors (Lipinski definition) is 2. The highest BCUT2D eigenvalue weighted by Crippen LogP contribution is 2.21. The Kier molecular flexibility index (Phi) is 5.44. The summed E-state index contributed by atoms with van der Waals surface area (Å²) in [5.41, 5.74) is 2.06. The van der Waals surface area contributed by atoms with Gasteiger partial charge >= 0.3 is 0 Å². The topological polar surface area (TPSA) is 41.5 Å². The van der Waals surface area contributed by atoms with Gasteiger partial charge in [0.15, 0.2) is 0 Å². The smallest absolute Gasteiger partial charge is 0.120 e. The Morgan fingerprint density at radius 2 is 1.85 bits per heavy atom. The highest BCUT2D eigenvalue weighted by Gasteiger charge is 2.02. The Hall–Kier alpha value is -1.52. The van der Waals surface area contributed by atoms with Gasteiger partial charge < -0.3 is 15.2 Å².